The Hall–Kier alpha value is -3.13. The van der Waals surface area contributed by atoms with Crippen LogP contribution in [0.5, 0.6) is 5.75 Å². The van der Waals surface area contributed by atoms with Gasteiger partial charge in [0.05, 0.1) is 18.6 Å². The van der Waals surface area contributed by atoms with Crippen molar-refractivity contribution >= 4 is 26.7 Å². The zero-order valence-electron chi connectivity index (χ0n) is 16.4. The van der Waals surface area contributed by atoms with Gasteiger partial charge in [0, 0.05) is 18.0 Å². The number of carbonyl (C=O) groups is 1. The predicted octanol–water partition coefficient (Wildman–Crippen LogP) is 2.63. The Labute approximate surface area is 173 Å². The number of ether oxygens (including phenoxy) is 1. The number of para-hydroxylation sites is 1. The van der Waals surface area contributed by atoms with Crippen LogP contribution >= 0.6 is 0 Å². The van der Waals surface area contributed by atoms with Crippen LogP contribution < -0.4 is 10.4 Å². The van der Waals surface area contributed by atoms with E-state index >= 15 is 0 Å². The number of fused-ring (bicyclic) bond motifs is 1. The van der Waals surface area contributed by atoms with Gasteiger partial charge in [-0.1, -0.05) is 30.3 Å². The van der Waals surface area contributed by atoms with Crippen molar-refractivity contribution < 1.29 is 22.4 Å². The third-order valence-electron chi connectivity index (χ3n) is 5.27. The lowest BCUT2D eigenvalue weighted by Gasteiger charge is -2.28. The molecule has 0 saturated carbocycles. The minimum Gasteiger partial charge on any atom is -0.497 e. The van der Waals surface area contributed by atoms with Crippen LogP contribution in [-0.4, -0.2) is 43.9 Å². The molecule has 2 aromatic carbocycles. The third kappa shape index (κ3) is 4.09. The molecular formula is C22H21NO6S. The summed E-state index contributed by atoms with van der Waals surface area (Å²) in [6, 6.07) is 15.1. The summed E-state index contributed by atoms with van der Waals surface area (Å²) >= 11 is 0. The number of methoxy groups -OCH3 is 1. The average Bonchev–Trinajstić information content (AvgIpc) is 3.10. The number of amides is 1. The fraction of sp³-hybridized carbons (Fsp3) is 0.273. The van der Waals surface area contributed by atoms with Gasteiger partial charge in [0.15, 0.2) is 9.84 Å². The Morgan fingerprint density at radius 1 is 1.17 bits per heavy atom. The van der Waals surface area contributed by atoms with Crippen molar-refractivity contribution in [3.63, 3.8) is 0 Å². The number of nitrogens with zero attached hydrogens (tertiary/aromatic N) is 1. The molecule has 0 spiro atoms. The fourth-order valence-electron chi connectivity index (χ4n) is 3.72. The maximum absolute atomic E-state index is 13.4. The van der Waals surface area contributed by atoms with E-state index in [0.717, 1.165) is 5.56 Å². The lowest BCUT2D eigenvalue weighted by molar-refractivity contribution is 0.0676. The fourth-order valence-corrected chi connectivity index (χ4v) is 5.45. The van der Waals surface area contributed by atoms with E-state index in [1.165, 1.54) is 11.0 Å². The van der Waals surface area contributed by atoms with Crippen LogP contribution in [0.15, 0.2) is 63.8 Å². The molecule has 0 bridgehead atoms. The van der Waals surface area contributed by atoms with Gasteiger partial charge in [-0.25, -0.2) is 13.2 Å². The van der Waals surface area contributed by atoms with Crippen LogP contribution in [0.4, 0.5) is 0 Å². The van der Waals surface area contributed by atoms with E-state index in [0.29, 0.717) is 23.1 Å². The topological polar surface area (TPSA) is 93.9 Å². The Balaban J connectivity index is 1.74. The highest BCUT2D eigenvalue weighted by Gasteiger charge is 2.36. The Bertz CT molecular complexity index is 1260. The molecule has 30 heavy (non-hydrogen) atoms. The lowest BCUT2D eigenvalue weighted by atomic mass is 10.1. The molecule has 1 aliphatic rings. The number of rotatable bonds is 5. The molecular weight excluding hydrogens is 406 g/mol. The van der Waals surface area contributed by atoms with Gasteiger partial charge in [0.2, 0.25) is 0 Å². The number of carbonyl (C=O) groups excluding carboxylic acids is 1. The summed E-state index contributed by atoms with van der Waals surface area (Å²) in [6.07, 6.45) is 0.330. The highest BCUT2D eigenvalue weighted by Crippen LogP contribution is 2.24. The molecule has 7 nitrogen and oxygen atoms in total. The first-order chi connectivity index (χ1) is 14.4. The average molecular weight is 427 g/mol. The monoisotopic (exact) mass is 427 g/mol. The zero-order chi connectivity index (χ0) is 21.3. The van der Waals surface area contributed by atoms with Crippen molar-refractivity contribution in [3.05, 3.63) is 76.1 Å². The van der Waals surface area contributed by atoms with E-state index < -0.39 is 27.4 Å². The van der Waals surface area contributed by atoms with E-state index in [4.69, 9.17) is 9.15 Å². The zero-order valence-corrected chi connectivity index (χ0v) is 17.2. The first-order valence-electron chi connectivity index (χ1n) is 9.53. The van der Waals surface area contributed by atoms with Crippen molar-refractivity contribution in [3.8, 4) is 5.75 Å². The van der Waals surface area contributed by atoms with Gasteiger partial charge in [-0.05, 0) is 36.2 Å². The smallest absolute Gasteiger partial charge is 0.349 e. The lowest BCUT2D eigenvalue weighted by Crippen LogP contribution is -2.42. The van der Waals surface area contributed by atoms with Crippen LogP contribution in [-0.2, 0) is 16.4 Å². The highest BCUT2D eigenvalue weighted by molar-refractivity contribution is 7.91. The summed E-state index contributed by atoms with van der Waals surface area (Å²) in [7, 11) is -1.68. The molecule has 1 aromatic heterocycles. The summed E-state index contributed by atoms with van der Waals surface area (Å²) in [5.74, 6) is -0.0170. The van der Waals surface area contributed by atoms with Crippen molar-refractivity contribution in [2.24, 2.45) is 0 Å². The second-order valence-electron chi connectivity index (χ2n) is 7.33. The molecule has 1 aliphatic heterocycles. The van der Waals surface area contributed by atoms with Crippen LogP contribution in [0, 0.1) is 0 Å². The first kappa shape index (κ1) is 20.2. The van der Waals surface area contributed by atoms with Crippen LogP contribution in [0.1, 0.15) is 22.3 Å². The van der Waals surface area contributed by atoms with Crippen molar-refractivity contribution in [1.29, 1.82) is 0 Å². The summed E-state index contributed by atoms with van der Waals surface area (Å²) in [6.45, 7) is 0.155. The van der Waals surface area contributed by atoms with E-state index in [1.54, 1.807) is 49.6 Å². The molecule has 156 valence electrons. The van der Waals surface area contributed by atoms with E-state index in [9.17, 15) is 18.0 Å². The van der Waals surface area contributed by atoms with Gasteiger partial charge in [-0.15, -0.1) is 0 Å². The molecule has 1 atom stereocenters. The number of hydrogen-bond donors (Lipinski definition) is 0. The van der Waals surface area contributed by atoms with Gasteiger partial charge in [0.25, 0.3) is 5.91 Å². The molecule has 3 aromatic rings. The van der Waals surface area contributed by atoms with E-state index in [2.05, 4.69) is 0 Å². The molecule has 0 radical (unpaired) electrons. The Morgan fingerprint density at radius 3 is 2.70 bits per heavy atom. The SMILES string of the molecule is COc1cccc(CN(C(=O)c2cc3ccccc3oc2=O)[C@@H]2CCS(=O)(=O)C2)c1. The van der Waals surface area contributed by atoms with E-state index in [-0.39, 0.29) is 23.6 Å². The summed E-state index contributed by atoms with van der Waals surface area (Å²) in [5, 5.41) is 0.626. The van der Waals surface area contributed by atoms with Crippen molar-refractivity contribution in [1.82, 2.24) is 4.90 Å². The highest BCUT2D eigenvalue weighted by atomic mass is 32.2. The second-order valence-corrected chi connectivity index (χ2v) is 9.56. The third-order valence-corrected chi connectivity index (χ3v) is 7.02. The Morgan fingerprint density at radius 2 is 1.97 bits per heavy atom. The normalized spacial score (nSPS) is 17.7. The van der Waals surface area contributed by atoms with Crippen LogP contribution in [0.2, 0.25) is 0 Å². The van der Waals surface area contributed by atoms with Crippen molar-refractivity contribution in [2.45, 2.75) is 19.0 Å². The standard InChI is InChI=1S/C22H21NO6S/c1-28-18-7-4-5-15(11-18)13-23(17-9-10-30(26,27)14-17)21(24)19-12-16-6-2-3-8-20(16)29-22(19)25/h2-8,11-12,17H,9-10,13-14H2,1H3/t17-/m1/s1. The maximum atomic E-state index is 13.4. The molecule has 2 heterocycles. The van der Waals surface area contributed by atoms with E-state index in [1.807, 2.05) is 6.07 Å². The van der Waals surface area contributed by atoms with Gasteiger partial charge in [-0.3, -0.25) is 4.79 Å². The molecule has 1 saturated heterocycles. The van der Waals surface area contributed by atoms with Crippen LogP contribution in [0.25, 0.3) is 11.0 Å². The van der Waals surface area contributed by atoms with Gasteiger partial charge >= 0.3 is 5.63 Å². The summed E-state index contributed by atoms with van der Waals surface area (Å²) < 4.78 is 34.7. The number of sulfone groups is 1. The quantitative estimate of drug-likeness (QED) is 0.581. The molecule has 0 unspecified atom stereocenters. The molecule has 0 aliphatic carbocycles. The molecule has 1 fully saturated rings. The molecule has 1 amide bonds. The predicted molar refractivity (Wildman–Crippen MR) is 112 cm³/mol. The molecule has 4 rings (SSSR count). The Kier molecular flexibility index (Phi) is 5.34. The van der Waals surface area contributed by atoms with Gasteiger partial charge in [-0.2, -0.15) is 0 Å². The minimum atomic E-state index is -3.23. The second kappa shape index (κ2) is 7.95. The maximum Gasteiger partial charge on any atom is 0.349 e. The molecule has 0 N–H and O–H groups in total. The molecule has 8 heteroatoms. The summed E-state index contributed by atoms with van der Waals surface area (Å²) in [4.78, 5) is 27.4. The van der Waals surface area contributed by atoms with Crippen molar-refractivity contribution in [2.75, 3.05) is 18.6 Å². The largest absolute Gasteiger partial charge is 0.497 e. The van der Waals surface area contributed by atoms with Gasteiger partial charge in [0.1, 0.15) is 16.9 Å². The number of hydrogen-bond acceptors (Lipinski definition) is 6. The summed E-state index contributed by atoms with van der Waals surface area (Å²) in [5.41, 5.74) is 0.315. The first-order valence-corrected chi connectivity index (χ1v) is 11.4. The van der Waals surface area contributed by atoms with Crippen LogP contribution in [0.3, 0.4) is 0 Å². The number of benzene rings is 2. The van der Waals surface area contributed by atoms with Gasteiger partial charge < -0.3 is 14.1 Å². The minimum absolute atomic E-state index is 0.0197.